The molecule has 0 aliphatic carbocycles. The van der Waals surface area contributed by atoms with Crippen molar-refractivity contribution in [1.82, 2.24) is 4.98 Å². The molecule has 106 valence electrons. The van der Waals surface area contributed by atoms with Crippen molar-refractivity contribution in [2.24, 2.45) is 5.84 Å². The Kier molecular flexibility index (Phi) is 4.61. The fraction of sp³-hybridized carbons (Fsp3) is 0.643. The summed E-state index contributed by atoms with van der Waals surface area (Å²) in [7, 11) is 0. The van der Waals surface area contributed by atoms with E-state index in [9.17, 15) is 0 Å². The maximum Gasteiger partial charge on any atom is 0.141 e. The van der Waals surface area contributed by atoms with Crippen LogP contribution in [0.4, 0.5) is 11.5 Å². The van der Waals surface area contributed by atoms with Crippen molar-refractivity contribution in [2.45, 2.75) is 51.2 Å². The number of anilines is 2. The van der Waals surface area contributed by atoms with Crippen molar-refractivity contribution >= 4 is 11.5 Å². The van der Waals surface area contributed by atoms with E-state index in [1.54, 1.807) is 6.20 Å². The molecule has 5 heteroatoms. The number of ether oxygens (including phenoxy) is 1. The second kappa shape index (κ2) is 6.21. The smallest absolute Gasteiger partial charge is 0.141 e. The van der Waals surface area contributed by atoms with Crippen LogP contribution in [0, 0.1) is 0 Å². The van der Waals surface area contributed by atoms with E-state index < -0.39 is 0 Å². The lowest BCUT2D eigenvalue weighted by molar-refractivity contribution is -0.0864. The minimum atomic E-state index is 0.0396. The van der Waals surface area contributed by atoms with Gasteiger partial charge in [0.15, 0.2) is 0 Å². The molecule has 0 spiro atoms. The number of hydrazine groups is 1. The van der Waals surface area contributed by atoms with Crippen molar-refractivity contribution in [2.75, 3.05) is 17.3 Å². The third kappa shape index (κ3) is 3.36. The monoisotopic (exact) mass is 264 g/mol. The quantitative estimate of drug-likeness (QED) is 0.563. The van der Waals surface area contributed by atoms with Gasteiger partial charge in [0.1, 0.15) is 5.82 Å². The van der Waals surface area contributed by atoms with Crippen molar-refractivity contribution < 1.29 is 4.74 Å². The number of nitrogens with one attached hydrogen (secondary N) is 2. The molecule has 0 aromatic carbocycles. The molecule has 1 aromatic rings. The highest BCUT2D eigenvalue weighted by molar-refractivity contribution is 5.51. The summed E-state index contributed by atoms with van der Waals surface area (Å²) in [6, 6.07) is 4.34. The number of nitrogens with zero attached hydrogens (tertiary/aromatic N) is 1. The van der Waals surface area contributed by atoms with Gasteiger partial charge in [0.05, 0.1) is 5.60 Å². The highest BCUT2D eigenvalue weighted by atomic mass is 16.5. The Hall–Kier alpha value is -1.33. The molecule has 1 aliphatic rings. The molecule has 1 atom stereocenters. The molecule has 1 fully saturated rings. The molecule has 1 aromatic heterocycles. The zero-order valence-electron chi connectivity index (χ0n) is 11.8. The SMILES string of the molecule is CCC1(CC)CC(Nc2ccnc(NN)c2)CCO1. The number of nitrogen functional groups attached to an aromatic ring is 1. The van der Waals surface area contributed by atoms with Gasteiger partial charge in [-0.3, -0.25) is 0 Å². The molecule has 0 saturated carbocycles. The Morgan fingerprint density at radius 1 is 1.47 bits per heavy atom. The Morgan fingerprint density at radius 3 is 2.95 bits per heavy atom. The topological polar surface area (TPSA) is 72.2 Å². The van der Waals surface area contributed by atoms with E-state index in [1.165, 1.54) is 0 Å². The largest absolute Gasteiger partial charge is 0.382 e. The Bertz CT molecular complexity index is 406. The van der Waals surface area contributed by atoms with Gasteiger partial charge in [-0.25, -0.2) is 10.8 Å². The molecule has 0 bridgehead atoms. The first kappa shape index (κ1) is 14.1. The van der Waals surface area contributed by atoms with E-state index in [0.29, 0.717) is 11.9 Å². The highest BCUT2D eigenvalue weighted by Crippen LogP contribution is 2.32. The summed E-state index contributed by atoms with van der Waals surface area (Å²) in [6.07, 6.45) is 5.97. The zero-order chi connectivity index (χ0) is 13.7. The van der Waals surface area contributed by atoms with Crippen LogP contribution in [-0.2, 0) is 4.74 Å². The molecular weight excluding hydrogens is 240 g/mol. The number of hydrogen-bond donors (Lipinski definition) is 3. The molecule has 5 nitrogen and oxygen atoms in total. The van der Waals surface area contributed by atoms with E-state index in [2.05, 4.69) is 29.6 Å². The number of pyridine rings is 1. The summed E-state index contributed by atoms with van der Waals surface area (Å²) < 4.78 is 5.99. The van der Waals surface area contributed by atoms with Crippen molar-refractivity contribution in [3.8, 4) is 0 Å². The average molecular weight is 264 g/mol. The first-order chi connectivity index (χ1) is 9.21. The van der Waals surface area contributed by atoms with Crippen LogP contribution in [0.5, 0.6) is 0 Å². The summed E-state index contributed by atoms with van der Waals surface area (Å²) in [5.74, 6) is 6.05. The zero-order valence-corrected chi connectivity index (χ0v) is 11.8. The van der Waals surface area contributed by atoms with Crippen LogP contribution in [0.1, 0.15) is 39.5 Å². The molecule has 2 rings (SSSR count). The van der Waals surface area contributed by atoms with Crippen molar-refractivity contribution in [3.05, 3.63) is 18.3 Å². The molecule has 1 aliphatic heterocycles. The number of rotatable bonds is 5. The van der Waals surface area contributed by atoms with Gasteiger partial charge in [0, 0.05) is 30.6 Å². The lowest BCUT2D eigenvalue weighted by atomic mass is 9.86. The molecule has 1 unspecified atom stereocenters. The maximum absolute atomic E-state index is 5.99. The van der Waals surface area contributed by atoms with Gasteiger partial charge in [-0.2, -0.15) is 0 Å². The van der Waals surface area contributed by atoms with Gasteiger partial charge < -0.3 is 15.5 Å². The summed E-state index contributed by atoms with van der Waals surface area (Å²) in [5.41, 5.74) is 3.66. The van der Waals surface area contributed by atoms with Crippen molar-refractivity contribution in [1.29, 1.82) is 0 Å². The second-order valence-corrected chi connectivity index (χ2v) is 5.15. The Labute approximate surface area is 114 Å². The van der Waals surface area contributed by atoms with Gasteiger partial charge in [-0.15, -0.1) is 0 Å². The van der Waals surface area contributed by atoms with E-state index in [0.717, 1.165) is 38.0 Å². The van der Waals surface area contributed by atoms with Gasteiger partial charge in [0.25, 0.3) is 0 Å². The summed E-state index contributed by atoms with van der Waals surface area (Å²) >= 11 is 0. The Balaban J connectivity index is 2.02. The van der Waals surface area contributed by atoms with Crippen LogP contribution in [-0.4, -0.2) is 23.2 Å². The molecule has 4 N–H and O–H groups in total. The first-order valence-corrected chi connectivity index (χ1v) is 7.04. The van der Waals surface area contributed by atoms with Gasteiger partial charge >= 0.3 is 0 Å². The van der Waals surface area contributed by atoms with Crippen LogP contribution in [0.2, 0.25) is 0 Å². The standard InChI is InChI=1S/C14H24N4O/c1-3-14(4-2)10-12(6-8-19-14)17-11-5-7-16-13(9-11)18-15/h5,7,9,12H,3-4,6,8,10,15H2,1-2H3,(H2,16,17,18). The summed E-state index contributed by atoms with van der Waals surface area (Å²) in [5, 5.41) is 3.56. The molecular formula is C14H24N4O. The molecule has 1 saturated heterocycles. The average Bonchev–Trinajstić information content (AvgIpc) is 2.47. The molecule has 0 amide bonds. The van der Waals surface area contributed by atoms with Crippen LogP contribution < -0.4 is 16.6 Å². The van der Waals surface area contributed by atoms with Crippen LogP contribution in [0.15, 0.2) is 18.3 Å². The molecule has 2 heterocycles. The van der Waals surface area contributed by atoms with Crippen molar-refractivity contribution in [3.63, 3.8) is 0 Å². The third-order valence-electron chi connectivity index (χ3n) is 4.06. The predicted molar refractivity (Wildman–Crippen MR) is 78.0 cm³/mol. The van der Waals surface area contributed by atoms with Crippen LogP contribution >= 0.6 is 0 Å². The van der Waals surface area contributed by atoms with E-state index >= 15 is 0 Å². The number of hydrogen-bond acceptors (Lipinski definition) is 5. The number of nitrogens with two attached hydrogens (primary N) is 1. The minimum absolute atomic E-state index is 0.0396. The fourth-order valence-corrected chi connectivity index (χ4v) is 2.73. The van der Waals surface area contributed by atoms with Gasteiger partial charge in [-0.1, -0.05) is 13.8 Å². The molecule has 19 heavy (non-hydrogen) atoms. The normalized spacial score (nSPS) is 21.9. The second-order valence-electron chi connectivity index (χ2n) is 5.15. The number of aromatic nitrogens is 1. The first-order valence-electron chi connectivity index (χ1n) is 7.04. The molecule has 0 radical (unpaired) electrons. The maximum atomic E-state index is 5.99. The van der Waals surface area contributed by atoms with Gasteiger partial charge in [0.2, 0.25) is 0 Å². The van der Waals surface area contributed by atoms with Crippen LogP contribution in [0.3, 0.4) is 0 Å². The van der Waals surface area contributed by atoms with E-state index in [4.69, 9.17) is 10.6 Å². The Morgan fingerprint density at radius 2 is 2.26 bits per heavy atom. The summed E-state index contributed by atoms with van der Waals surface area (Å²) in [6.45, 7) is 5.23. The van der Waals surface area contributed by atoms with Crippen LogP contribution in [0.25, 0.3) is 0 Å². The van der Waals surface area contributed by atoms with Gasteiger partial charge in [-0.05, 0) is 31.7 Å². The predicted octanol–water partition coefficient (Wildman–Crippen LogP) is 2.52. The van der Waals surface area contributed by atoms with E-state index in [-0.39, 0.29) is 5.60 Å². The third-order valence-corrected chi connectivity index (χ3v) is 4.06. The lowest BCUT2D eigenvalue weighted by Crippen LogP contribution is -2.43. The summed E-state index contributed by atoms with van der Waals surface area (Å²) in [4.78, 5) is 4.11. The minimum Gasteiger partial charge on any atom is -0.382 e. The van der Waals surface area contributed by atoms with E-state index in [1.807, 2.05) is 12.1 Å². The lowest BCUT2D eigenvalue weighted by Gasteiger charge is -2.40. The fourth-order valence-electron chi connectivity index (χ4n) is 2.73. The highest BCUT2D eigenvalue weighted by Gasteiger charge is 2.34.